The Labute approximate surface area is 238 Å². The lowest BCUT2D eigenvalue weighted by atomic mass is 10.0. The quantitative estimate of drug-likeness (QED) is 0.127. The van der Waals surface area contributed by atoms with Gasteiger partial charge in [-0.2, -0.15) is 0 Å². The number of ether oxygens (including phenoxy) is 2. The number of sulfonamides is 1. The highest BCUT2D eigenvalue weighted by molar-refractivity contribution is 7.90. The van der Waals surface area contributed by atoms with Crippen LogP contribution in [0.2, 0.25) is 0 Å². The lowest BCUT2D eigenvalue weighted by molar-refractivity contribution is -0.384. The van der Waals surface area contributed by atoms with Gasteiger partial charge in [0.15, 0.2) is 0 Å². The maximum Gasteiger partial charge on any atom is 0.270 e. The molecule has 0 saturated carbocycles. The summed E-state index contributed by atoms with van der Waals surface area (Å²) in [4.78, 5) is 23.8. The number of nitrogens with one attached hydrogen (secondary N) is 1. The SMILES string of the molecule is COCCCC#Cc1ccccc1S(=O)(=O)NC(=O)c1ccc(Cc2cn(C)c3ccc([N+](=O)[O-])cc23)c(OC)c1. The minimum absolute atomic E-state index is 0.0104. The number of nitrogens with zero attached hydrogens (tertiary/aromatic N) is 2. The molecule has 0 aliphatic heterocycles. The number of non-ortho nitro benzene ring substituents is 1. The van der Waals surface area contributed by atoms with Gasteiger partial charge in [0.05, 0.1) is 12.0 Å². The molecule has 1 heterocycles. The second-order valence-corrected chi connectivity index (χ2v) is 10.9. The molecule has 0 unspecified atom stereocenters. The number of aryl methyl sites for hydroxylation is 1. The van der Waals surface area contributed by atoms with Crippen LogP contribution in [0, 0.1) is 22.0 Å². The van der Waals surface area contributed by atoms with E-state index in [0.29, 0.717) is 31.6 Å². The molecule has 4 aromatic rings. The molecule has 212 valence electrons. The summed E-state index contributed by atoms with van der Waals surface area (Å²) >= 11 is 0. The van der Waals surface area contributed by atoms with E-state index in [1.807, 2.05) is 17.8 Å². The molecule has 10 nitrogen and oxygen atoms in total. The maximum atomic E-state index is 13.1. The van der Waals surface area contributed by atoms with Crippen molar-refractivity contribution in [3.63, 3.8) is 0 Å². The van der Waals surface area contributed by atoms with Crippen LogP contribution in [-0.4, -0.2) is 44.6 Å². The Morgan fingerprint density at radius 2 is 1.85 bits per heavy atom. The average Bonchev–Trinajstić information content (AvgIpc) is 3.27. The Bertz CT molecular complexity index is 1780. The predicted octanol–water partition coefficient (Wildman–Crippen LogP) is 4.58. The summed E-state index contributed by atoms with van der Waals surface area (Å²) in [5.74, 6) is 5.36. The van der Waals surface area contributed by atoms with Crippen LogP contribution >= 0.6 is 0 Å². The van der Waals surface area contributed by atoms with E-state index in [2.05, 4.69) is 16.6 Å². The smallest absolute Gasteiger partial charge is 0.270 e. The molecule has 0 aliphatic rings. The van der Waals surface area contributed by atoms with Gasteiger partial charge in [-0.25, -0.2) is 13.1 Å². The number of methoxy groups -OCH3 is 2. The number of amides is 1. The third-order valence-corrected chi connectivity index (χ3v) is 7.86. The summed E-state index contributed by atoms with van der Waals surface area (Å²) in [6.07, 6.45) is 3.51. The summed E-state index contributed by atoms with van der Waals surface area (Å²) in [6.45, 7) is 0.553. The van der Waals surface area contributed by atoms with Crippen molar-refractivity contribution < 1.29 is 27.6 Å². The van der Waals surface area contributed by atoms with Gasteiger partial charge >= 0.3 is 0 Å². The zero-order chi connectivity index (χ0) is 29.6. The lowest BCUT2D eigenvalue weighted by Crippen LogP contribution is -2.31. The fraction of sp³-hybridized carbons (Fsp3) is 0.233. The van der Waals surface area contributed by atoms with E-state index < -0.39 is 20.9 Å². The first-order chi connectivity index (χ1) is 19.6. The summed E-state index contributed by atoms with van der Waals surface area (Å²) in [7, 11) is 0.683. The van der Waals surface area contributed by atoms with Crippen LogP contribution in [0.1, 0.15) is 39.9 Å². The summed E-state index contributed by atoms with van der Waals surface area (Å²) in [5.41, 5.74) is 2.76. The van der Waals surface area contributed by atoms with Crippen LogP contribution in [-0.2, 0) is 28.2 Å². The second kappa shape index (κ2) is 12.7. The van der Waals surface area contributed by atoms with E-state index in [4.69, 9.17) is 9.47 Å². The van der Waals surface area contributed by atoms with Crippen LogP contribution in [0.3, 0.4) is 0 Å². The number of rotatable bonds is 10. The van der Waals surface area contributed by atoms with Crippen LogP contribution in [0.5, 0.6) is 5.75 Å². The molecule has 0 aliphatic carbocycles. The van der Waals surface area contributed by atoms with Crippen molar-refractivity contribution in [2.75, 3.05) is 20.8 Å². The van der Waals surface area contributed by atoms with Crippen molar-refractivity contribution in [2.45, 2.75) is 24.2 Å². The first-order valence-corrected chi connectivity index (χ1v) is 14.2. The van der Waals surface area contributed by atoms with Crippen molar-refractivity contribution in [1.82, 2.24) is 9.29 Å². The van der Waals surface area contributed by atoms with Gasteiger partial charge in [0.1, 0.15) is 10.6 Å². The number of unbranched alkanes of at least 4 members (excludes halogenated alkanes) is 1. The Kier molecular flexibility index (Phi) is 9.07. The Hall–Kier alpha value is -4.66. The highest BCUT2D eigenvalue weighted by Crippen LogP contribution is 2.30. The molecule has 1 N–H and O–H groups in total. The number of fused-ring (bicyclic) bond motifs is 1. The molecule has 0 spiro atoms. The number of nitro groups is 1. The monoisotopic (exact) mass is 575 g/mol. The first kappa shape index (κ1) is 29.3. The largest absolute Gasteiger partial charge is 0.496 e. The van der Waals surface area contributed by atoms with E-state index in [0.717, 1.165) is 22.0 Å². The number of hydrogen-bond acceptors (Lipinski definition) is 7. The number of aromatic nitrogens is 1. The Morgan fingerprint density at radius 1 is 1.07 bits per heavy atom. The van der Waals surface area contributed by atoms with Crippen molar-refractivity contribution in [3.05, 3.63) is 99.2 Å². The number of benzene rings is 3. The van der Waals surface area contributed by atoms with Crippen LogP contribution in [0.4, 0.5) is 5.69 Å². The van der Waals surface area contributed by atoms with Crippen molar-refractivity contribution in [3.8, 4) is 17.6 Å². The van der Waals surface area contributed by atoms with Crippen LogP contribution in [0.15, 0.2) is 71.8 Å². The van der Waals surface area contributed by atoms with Crippen molar-refractivity contribution >= 4 is 32.5 Å². The second-order valence-electron chi connectivity index (χ2n) is 9.26. The third kappa shape index (κ3) is 6.74. The zero-order valence-corrected chi connectivity index (χ0v) is 23.7. The number of hydrogen-bond donors (Lipinski definition) is 1. The fourth-order valence-corrected chi connectivity index (χ4v) is 5.59. The van der Waals surface area contributed by atoms with E-state index in [1.165, 1.54) is 37.4 Å². The third-order valence-electron chi connectivity index (χ3n) is 6.47. The summed E-state index contributed by atoms with van der Waals surface area (Å²) in [6, 6.07) is 15.6. The van der Waals surface area contributed by atoms with Gasteiger partial charge in [-0.15, -0.1) is 0 Å². The van der Waals surface area contributed by atoms with Crippen LogP contribution in [0.25, 0.3) is 10.9 Å². The van der Waals surface area contributed by atoms with Gasteiger partial charge in [0, 0.05) is 74.0 Å². The average molecular weight is 576 g/mol. The molecule has 1 aromatic heterocycles. The lowest BCUT2D eigenvalue weighted by Gasteiger charge is -2.12. The van der Waals surface area contributed by atoms with E-state index >= 15 is 0 Å². The van der Waals surface area contributed by atoms with Gasteiger partial charge in [-0.1, -0.05) is 30.0 Å². The highest BCUT2D eigenvalue weighted by Gasteiger charge is 2.22. The summed E-state index contributed by atoms with van der Waals surface area (Å²) < 4.78 is 40.8. The predicted molar refractivity (Wildman–Crippen MR) is 154 cm³/mol. The van der Waals surface area contributed by atoms with Crippen LogP contribution < -0.4 is 9.46 Å². The molecule has 0 bridgehead atoms. The van der Waals surface area contributed by atoms with Gasteiger partial charge in [-0.3, -0.25) is 14.9 Å². The van der Waals surface area contributed by atoms with E-state index in [1.54, 1.807) is 37.4 Å². The zero-order valence-electron chi connectivity index (χ0n) is 22.8. The molecule has 0 radical (unpaired) electrons. The molecular weight excluding hydrogens is 546 g/mol. The van der Waals surface area contributed by atoms with Gasteiger partial charge < -0.3 is 14.0 Å². The van der Waals surface area contributed by atoms with Gasteiger partial charge in [0.2, 0.25) is 0 Å². The number of carbonyl (C=O) groups is 1. The molecule has 1 amide bonds. The fourth-order valence-electron chi connectivity index (χ4n) is 4.46. The number of carbonyl (C=O) groups excluding carboxylic acids is 1. The molecule has 0 fully saturated rings. The molecular formula is C30H29N3O7S. The molecule has 11 heteroatoms. The van der Waals surface area contributed by atoms with Gasteiger partial charge in [0.25, 0.3) is 21.6 Å². The molecule has 0 saturated heterocycles. The Morgan fingerprint density at radius 3 is 2.59 bits per heavy atom. The van der Waals surface area contributed by atoms with Gasteiger partial charge in [-0.05, 0) is 47.9 Å². The Balaban J connectivity index is 1.57. The molecule has 4 rings (SSSR count). The normalized spacial score (nSPS) is 11.1. The van der Waals surface area contributed by atoms with E-state index in [9.17, 15) is 23.3 Å². The van der Waals surface area contributed by atoms with Crippen molar-refractivity contribution in [2.24, 2.45) is 7.05 Å². The highest BCUT2D eigenvalue weighted by atomic mass is 32.2. The minimum atomic E-state index is -4.22. The molecule has 3 aromatic carbocycles. The molecule has 41 heavy (non-hydrogen) atoms. The summed E-state index contributed by atoms with van der Waals surface area (Å²) in [5, 5.41) is 12.0. The van der Waals surface area contributed by atoms with Crippen molar-refractivity contribution in [1.29, 1.82) is 0 Å². The minimum Gasteiger partial charge on any atom is -0.496 e. The topological polar surface area (TPSA) is 130 Å². The van der Waals surface area contributed by atoms with E-state index in [-0.39, 0.29) is 21.7 Å². The number of nitro benzene ring substituents is 1. The first-order valence-electron chi connectivity index (χ1n) is 12.7. The maximum absolute atomic E-state index is 13.1. The molecule has 0 atom stereocenters. The standard InChI is InChI=1S/C30H29N3O7S/c1-32-20-24(26-19-25(33(35)36)14-15-27(26)32)17-22-12-13-23(18-28(22)40-3)30(34)31-41(37,38)29-11-7-6-10-21(29)9-5-4-8-16-39-2/h6-7,10-15,18-20H,4,8,16-17H2,1-3H3,(H,31,34).